The highest BCUT2D eigenvalue weighted by atomic mass is 16.7. The molecule has 0 bridgehead atoms. The molecule has 0 fully saturated rings. The fourth-order valence-electron chi connectivity index (χ4n) is 2.83. The average Bonchev–Trinajstić information content (AvgIpc) is 3.08. The molecule has 8 nitrogen and oxygen atoms in total. The maximum Gasteiger partial charge on any atom is 0.306 e. The Morgan fingerprint density at radius 3 is 2.48 bits per heavy atom. The topological polar surface area (TPSA) is 120 Å². The van der Waals surface area contributed by atoms with Crippen LogP contribution in [0.4, 0.5) is 0 Å². The Bertz CT molecular complexity index is 1030. The summed E-state index contributed by atoms with van der Waals surface area (Å²) >= 11 is 0. The SMILES string of the molecule is C[n+]1cc2cc3c(cc2c2ccccc21)OCO3.O=C(O)CC(O)C(=O)[O-]. The second-order valence-electron chi connectivity index (χ2n) is 5.98. The van der Waals surface area contributed by atoms with E-state index in [1.54, 1.807) is 0 Å². The number of aromatic nitrogens is 1. The lowest BCUT2D eigenvalue weighted by molar-refractivity contribution is -0.643. The lowest BCUT2D eigenvalue weighted by Gasteiger charge is -2.06. The van der Waals surface area contributed by atoms with Crippen molar-refractivity contribution in [1.29, 1.82) is 0 Å². The van der Waals surface area contributed by atoms with Crippen LogP contribution in [0, 0.1) is 0 Å². The van der Waals surface area contributed by atoms with E-state index in [-0.39, 0.29) is 0 Å². The van der Waals surface area contributed by atoms with Crippen LogP contribution in [-0.4, -0.2) is 35.0 Å². The molecule has 0 aliphatic carbocycles. The lowest BCUT2D eigenvalue weighted by atomic mass is 10.1. The zero-order valence-electron chi connectivity index (χ0n) is 14.4. The molecule has 1 aromatic heterocycles. The number of aliphatic carboxylic acids is 2. The molecule has 1 unspecified atom stereocenters. The van der Waals surface area contributed by atoms with Crippen molar-refractivity contribution in [2.45, 2.75) is 12.5 Å². The van der Waals surface area contributed by atoms with Crippen molar-refractivity contribution in [2.24, 2.45) is 7.05 Å². The molecular formula is C19H17NO7. The molecule has 1 aliphatic heterocycles. The fourth-order valence-corrected chi connectivity index (χ4v) is 2.83. The van der Waals surface area contributed by atoms with Gasteiger partial charge in [-0.15, -0.1) is 0 Å². The maximum absolute atomic E-state index is 9.66. The summed E-state index contributed by atoms with van der Waals surface area (Å²) < 4.78 is 13.0. The van der Waals surface area contributed by atoms with Crippen LogP contribution in [0.15, 0.2) is 42.6 Å². The zero-order valence-corrected chi connectivity index (χ0v) is 14.4. The van der Waals surface area contributed by atoms with Gasteiger partial charge in [-0.1, -0.05) is 12.1 Å². The first-order chi connectivity index (χ1) is 12.9. The van der Waals surface area contributed by atoms with Crippen LogP contribution in [0.25, 0.3) is 21.7 Å². The van der Waals surface area contributed by atoms with Crippen LogP contribution in [0.1, 0.15) is 6.42 Å². The van der Waals surface area contributed by atoms with Gasteiger partial charge in [0.2, 0.25) is 12.3 Å². The first kappa shape index (κ1) is 18.4. The van der Waals surface area contributed by atoms with Gasteiger partial charge in [0.05, 0.1) is 23.2 Å². The number of aryl methyl sites for hydroxylation is 1. The highest BCUT2D eigenvalue weighted by molar-refractivity contribution is 6.05. The number of aliphatic hydroxyl groups is 1. The average molecular weight is 371 g/mol. The third kappa shape index (κ3) is 3.90. The van der Waals surface area contributed by atoms with E-state index >= 15 is 0 Å². The summed E-state index contributed by atoms with van der Waals surface area (Å²) in [6, 6.07) is 12.5. The summed E-state index contributed by atoms with van der Waals surface area (Å²) in [5.41, 5.74) is 1.21. The molecule has 2 heterocycles. The van der Waals surface area contributed by atoms with Gasteiger partial charge in [-0.25, -0.2) is 4.57 Å². The van der Waals surface area contributed by atoms with Crippen molar-refractivity contribution in [3.8, 4) is 11.5 Å². The van der Waals surface area contributed by atoms with Gasteiger partial charge in [0, 0.05) is 11.5 Å². The maximum atomic E-state index is 9.66. The number of rotatable bonds is 3. The molecular weight excluding hydrogens is 354 g/mol. The van der Waals surface area contributed by atoms with Gasteiger partial charge >= 0.3 is 5.97 Å². The summed E-state index contributed by atoms with van der Waals surface area (Å²) in [7, 11) is 2.06. The van der Waals surface area contributed by atoms with Gasteiger partial charge in [0.1, 0.15) is 13.2 Å². The summed E-state index contributed by atoms with van der Waals surface area (Å²) in [5.74, 6) is -1.47. The number of carbonyl (C=O) groups is 2. The Labute approximate surface area is 153 Å². The van der Waals surface area contributed by atoms with E-state index in [1.807, 2.05) is 6.07 Å². The van der Waals surface area contributed by atoms with E-state index in [0.29, 0.717) is 6.79 Å². The number of hydrogen-bond acceptors (Lipinski definition) is 6. The Morgan fingerprint density at radius 1 is 1.19 bits per heavy atom. The van der Waals surface area contributed by atoms with Gasteiger partial charge in [-0.2, -0.15) is 0 Å². The van der Waals surface area contributed by atoms with Crippen molar-refractivity contribution in [3.63, 3.8) is 0 Å². The smallest absolute Gasteiger partial charge is 0.306 e. The standard InChI is InChI=1S/C15H12NO2.C4H6O5/c1-16-8-10-6-14-15(18-9-17-14)7-12(10)11-4-2-3-5-13(11)16;5-2(4(8)9)1-3(6)7/h2-8H,9H2,1H3;2,5H,1H2,(H,6,7)(H,8,9)/q+1;/p-1. The Hall–Kier alpha value is -3.39. The number of pyridine rings is 1. The predicted molar refractivity (Wildman–Crippen MR) is 92.0 cm³/mol. The quantitative estimate of drug-likeness (QED) is 0.495. The van der Waals surface area contributed by atoms with Gasteiger partial charge in [0.25, 0.3) is 0 Å². The number of aliphatic hydroxyl groups excluding tert-OH is 1. The molecule has 0 radical (unpaired) electrons. The highest BCUT2D eigenvalue weighted by Crippen LogP contribution is 2.37. The number of carboxylic acid groups (broad SMARTS) is 2. The van der Waals surface area contributed by atoms with Crippen molar-refractivity contribution in [1.82, 2.24) is 0 Å². The molecule has 0 saturated heterocycles. The van der Waals surface area contributed by atoms with Crippen LogP contribution in [-0.2, 0) is 16.6 Å². The molecule has 1 aliphatic rings. The Balaban J connectivity index is 0.000000201. The van der Waals surface area contributed by atoms with Crippen LogP contribution >= 0.6 is 0 Å². The summed E-state index contributed by atoms with van der Waals surface area (Å²) in [6.07, 6.45) is -0.593. The zero-order chi connectivity index (χ0) is 19.6. The minimum Gasteiger partial charge on any atom is -0.547 e. The van der Waals surface area contributed by atoms with Crippen molar-refractivity contribution in [2.75, 3.05) is 6.79 Å². The van der Waals surface area contributed by atoms with Crippen LogP contribution < -0.4 is 19.1 Å². The molecule has 1 atom stereocenters. The van der Waals surface area contributed by atoms with Crippen LogP contribution in [0.3, 0.4) is 0 Å². The first-order valence-corrected chi connectivity index (χ1v) is 8.08. The molecule has 0 spiro atoms. The fraction of sp³-hybridized carbons (Fsp3) is 0.211. The number of benzene rings is 2. The van der Waals surface area contributed by atoms with E-state index in [4.69, 9.17) is 19.7 Å². The number of carboxylic acids is 2. The van der Waals surface area contributed by atoms with E-state index in [0.717, 1.165) is 11.5 Å². The molecule has 3 aromatic rings. The first-order valence-electron chi connectivity index (χ1n) is 8.08. The number of hydrogen-bond donors (Lipinski definition) is 2. The minimum absolute atomic E-state index is 0.315. The largest absolute Gasteiger partial charge is 0.547 e. The van der Waals surface area contributed by atoms with E-state index in [2.05, 4.69) is 48.1 Å². The number of nitrogens with zero attached hydrogens (tertiary/aromatic N) is 1. The number of carbonyl (C=O) groups excluding carboxylic acids is 1. The molecule has 2 aromatic carbocycles. The van der Waals surface area contributed by atoms with Crippen LogP contribution in [0.5, 0.6) is 11.5 Å². The lowest BCUT2D eigenvalue weighted by Crippen LogP contribution is -2.36. The second-order valence-corrected chi connectivity index (χ2v) is 5.98. The Kier molecular flexibility index (Phi) is 5.09. The van der Waals surface area contributed by atoms with Crippen LogP contribution in [0.2, 0.25) is 0 Å². The Morgan fingerprint density at radius 2 is 1.85 bits per heavy atom. The van der Waals surface area contributed by atoms with Gasteiger partial charge in [-0.05, 0) is 18.2 Å². The molecule has 8 heteroatoms. The third-order valence-corrected chi connectivity index (χ3v) is 4.09. The number of para-hydroxylation sites is 1. The van der Waals surface area contributed by atoms with Gasteiger partial charge in [0.15, 0.2) is 17.7 Å². The molecule has 0 saturated carbocycles. The number of fused-ring (bicyclic) bond motifs is 4. The van der Waals surface area contributed by atoms with Gasteiger partial charge in [-0.3, -0.25) is 4.79 Å². The molecule has 2 N–H and O–H groups in total. The number of ether oxygens (including phenoxy) is 2. The molecule has 0 amide bonds. The van der Waals surface area contributed by atoms with Crippen molar-refractivity contribution >= 4 is 33.6 Å². The molecule has 140 valence electrons. The summed E-state index contributed by atoms with van der Waals surface area (Å²) in [4.78, 5) is 19.3. The molecule has 4 rings (SSSR count). The summed E-state index contributed by atoms with van der Waals surface area (Å²) in [5, 5.41) is 29.3. The van der Waals surface area contributed by atoms with Crippen molar-refractivity contribution < 1.29 is 38.9 Å². The normalized spacial score (nSPS) is 13.1. The van der Waals surface area contributed by atoms with E-state index < -0.39 is 24.5 Å². The summed E-state index contributed by atoms with van der Waals surface area (Å²) in [6.45, 7) is 0.315. The molecule has 27 heavy (non-hydrogen) atoms. The minimum atomic E-state index is -1.90. The second kappa shape index (κ2) is 7.46. The third-order valence-electron chi connectivity index (χ3n) is 4.09. The highest BCUT2D eigenvalue weighted by Gasteiger charge is 2.18. The van der Waals surface area contributed by atoms with Gasteiger partial charge < -0.3 is 29.6 Å². The van der Waals surface area contributed by atoms with E-state index in [1.165, 1.54) is 21.7 Å². The van der Waals surface area contributed by atoms with E-state index in [9.17, 15) is 14.7 Å². The monoisotopic (exact) mass is 371 g/mol. The predicted octanol–water partition coefficient (Wildman–Crippen LogP) is 0.118. The van der Waals surface area contributed by atoms with Crippen molar-refractivity contribution in [3.05, 3.63) is 42.6 Å².